The van der Waals surface area contributed by atoms with Crippen LogP contribution >= 0.6 is 0 Å². The van der Waals surface area contributed by atoms with Crippen LogP contribution in [0.3, 0.4) is 0 Å². The number of urea groups is 1. The summed E-state index contributed by atoms with van der Waals surface area (Å²) in [5.74, 6) is -1.11. The van der Waals surface area contributed by atoms with Crippen molar-refractivity contribution >= 4 is 24.0 Å². The molecule has 0 aliphatic heterocycles. The Kier molecular flexibility index (Phi) is 8.23. The number of hydrogen-bond acceptors (Lipinski definition) is 6. The van der Waals surface area contributed by atoms with Gasteiger partial charge in [-0.2, -0.15) is 5.26 Å². The number of amides is 3. The van der Waals surface area contributed by atoms with Gasteiger partial charge in [-0.05, 0) is 30.2 Å². The van der Waals surface area contributed by atoms with E-state index in [1.165, 1.54) is 13.2 Å². The molecule has 8 heteroatoms. The predicted octanol–water partition coefficient (Wildman–Crippen LogP) is 1.38. The number of imide groups is 1. The van der Waals surface area contributed by atoms with Crippen LogP contribution in [0.25, 0.3) is 6.08 Å². The molecule has 1 rings (SSSR count). The van der Waals surface area contributed by atoms with Crippen LogP contribution in [-0.2, 0) is 14.3 Å². The van der Waals surface area contributed by atoms with E-state index < -0.39 is 24.5 Å². The normalized spacial score (nSPS) is 10.4. The van der Waals surface area contributed by atoms with Gasteiger partial charge in [0.25, 0.3) is 5.91 Å². The molecular weight excluding hydrogens is 326 g/mol. The van der Waals surface area contributed by atoms with Crippen molar-refractivity contribution in [2.45, 2.75) is 13.3 Å². The summed E-state index contributed by atoms with van der Waals surface area (Å²) in [6.07, 6.45) is 2.05. The van der Waals surface area contributed by atoms with Crippen LogP contribution in [0.1, 0.15) is 18.9 Å². The summed E-state index contributed by atoms with van der Waals surface area (Å²) in [7, 11) is 1.52. The van der Waals surface area contributed by atoms with E-state index in [1.54, 1.807) is 30.3 Å². The highest BCUT2D eigenvalue weighted by Crippen LogP contribution is 2.14. The van der Waals surface area contributed by atoms with Crippen LogP contribution < -0.4 is 15.4 Å². The zero-order valence-corrected chi connectivity index (χ0v) is 14.0. The standard InChI is InChI=1S/C17H19N3O5/c1-3-8-19-17(23)20-15(21)11-25-16(22)13(10-18)9-12-4-6-14(24-2)7-5-12/h4-7,9H,3,8,11H2,1-2H3,(H2,19,20,21,23)/b13-9+. The van der Waals surface area contributed by atoms with Gasteiger partial charge >= 0.3 is 12.0 Å². The summed E-state index contributed by atoms with van der Waals surface area (Å²) in [4.78, 5) is 34.6. The number of nitriles is 1. The molecule has 0 unspecified atom stereocenters. The minimum Gasteiger partial charge on any atom is -0.497 e. The minimum absolute atomic E-state index is 0.270. The Hall–Kier alpha value is -3.34. The molecule has 0 fully saturated rings. The molecule has 0 aliphatic rings. The minimum atomic E-state index is -0.956. The van der Waals surface area contributed by atoms with Crippen molar-refractivity contribution < 1.29 is 23.9 Å². The third-order valence-electron chi connectivity index (χ3n) is 2.89. The zero-order valence-electron chi connectivity index (χ0n) is 14.0. The second-order valence-electron chi connectivity index (χ2n) is 4.82. The van der Waals surface area contributed by atoms with Gasteiger partial charge in [-0.3, -0.25) is 10.1 Å². The quantitative estimate of drug-likeness (QED) is 0.438. The van der Waals surface area contributed by atoms with Crippen LogP contribution in [-0.4, -0.2) is 38.2 Å². The Labute approximate surface area is 145 Å². The Morgan fingerprint density at radius 3 is 2.48 bits per heavy atom. The number of ether oxygens (including phenoxy) is 2. The van der Waals surface area contributed by atoms with Gasteiger partial charge in [0.1, 0.15) is 17.4 Å². The average Bonchev–Trinajstić information content (AvgIpc) is 2.62. The molecule has 0 aliphatic carbocycles. The van der Waals surface area contributed by atoms with Crippen molar-refractivity contribution in [2.24, 2.45) is 0 Å². The lowest BCUT2D eigenvalue weighted by molar-refractivity contribution is -0.144. The maximum absolute atomic E-state index is 11.8. The second kappa shape index (κ2) is 10.4. The Balaban J connectivity index is 2.58. The van der Waals surface area contributed by atoms with Crippen molar-refractivity contribution in [1.29, 1.82) is 5.26 Å². The number of carbonyl (C=O) groups is 3. The molecule has 0 heterocycles. The molecule has 0 saturated carbocycles. The molecule has 0 aromatic heterocycles. The van der Waals surface area contributed by atoms with Gasteiger partial charge in [0.05, 0.1) is 7.11 Å². The first kappa shape index (κ1) is 19.7. The van der Waals surface area contributed by atoms with Gasteiger partial charge in [-0.15, -0.1) is 0 Å². The first-order valence-electron chi connectivity index (χ1n) is 7.50. The molecular formula is C17H19N3O5. The maximum atomic E-state index is 11.8. The molecule has 0 atom stereocenters. The number of nitrogens with zero attached hydrogens (tertiary/aromatic N) is 1. The number of benzene rings is 1. The number of nitrogens with one attached hydrogen (secondary N) is 2. The fourth-order valence-electron chi connectivity index (χ4n) is 1.66. The summed E-state index contributed by atoms with van der Waals surface area (Å²) in [6.45, 7) is 1.62. The van der Waals surface area contributed by atoms with Crippen molar-refractivity contribution in [3.8, 4) is 11.8 Å². The third kappa shape index (κ3) is 7.18. The van der Waals surface area contributed by atoms with Crippen molar-refractivity contribution in [1.82, 2.24) is 10.6 Å². The number of carbonyl (C=O) groups excluding carboxylic acids is 3. The van der Waals surface area contributed by atoms with Crippen LogP contribution in [0.2, 0.25) is 0 Å². The van der Waals surface area contributed by atoms with Crippen molar-refractivity contribution in [3.63, 3.8) is 0 Å². The topological polar surface area (TPSA) is 118 Å². The van der Waals surface area contributed by atoms with E-state index in [1.807, 2.05) is 12.2 Å². The molecule has 0 radical (unpaired) electrons. The van der Waals surface area contributed by atoms with Crippen molar-refractivity contribution in [2.75, 3.05) is 20.3 Å². The summed E-state index contributed by atoms with van der Waals surface area (Å²) in [6, 6.07) is 7.72. The lowest BCUT2D eigenvalue weighted by Crippen LogP contribution is -2.41. The molecule has 25 heavy (non-hydrogen) atoms. The zero-order chi connectivity index (χ0) is 18.7. The molecule has 2 N–H and O–H groups in total. The van der Waals surface area contributed by atoms with E-state index in [0.717, 1.165) is 6.42 Å². The summed E-state index contributed by atoms with van der Waals surface area (Å²) >= 11 is 0. The van der Waals surface area contributed by atoms with E-state index in [0.29, 0.717) is 17.9 Å². The smallest absolute Gasteiger partial charge is 0.349 e. The molecule has 132 valence electrons. The van der Waals surface area contributed by atoms with Crippen LogP contribution in [0, 0.1) is 11.3 Å². The van der Waals surface area contributed by atoms with Gasteiger partial charge in [-0.1, -0.05) is 19.1 Å². The van der Waals surface area contributed by atoms with Gasteiger partial charge in [-0.25, -0.2) is 9.59 Å². The van der Waals surface area contributed by atoms with Crippen LogP contribution in [0.4, 0.5) is 4.79 Å². The lowest BCUT2D eigenvalue weighted by Gasteiger charge is -2.06. The maximum Gasteiger partial charge on any atom is 0.349 e. The van der Waals surface area contributed by atoms with Gasteiger partial charge in [0.15, 0.2) is 6.61 Å². The average molecular weight is 345 g/mol. The summed E-state index contributed by atoms with van der Waals surface area (Å²) < 4.78 is 9.75. The first-order valence-corrected chi connectivity index (χ1v) is 7.50. The van der Waals surface area contributed by atoms with Crippen LogP contribution in [0.15, 0.2) is 29.8 Å². The predicted molar refractivity (Wildman–Crippen MR) is 89.4 cm³/mol. The largest absolute Gasteiger partial charge is 0.497 e. The Morgan fingerprint density at radius 2 is 1.92 bits per heavy atom. The molecule has 0 spiro atoms. The van der Waals surface area contributed by atoms with Crippen molar-refractivity contribution in [3.05, 3.63) is 35.4 Å². The van der Waals surface area contributed by atoms with Gasteiger partial charge < -0.3 is 14.8 Å². The second-order valence-corrected chi connectivity index (χ2v) is 4.82. The Bertz CT molecular complexity index is 689. The summed E-state index contributed by atoms with van der Waals surface area (Å²) in [5.41, 5.74) is 0.325. The monoisotopic (exact) mass is 345 g/mol. The fraction of sp³-hybridized carbons (Fsp3) is 0.294. The first-order chi connectivity index (χ1) is 12.0. The van der Waals surface area contributed by atoms with Gasteiger partial charge in [0, 0.05) is 6.54 Å². The molecule has 3 amide bonds. The van der Waals surface area contributed by atoms with E-state index in [-0.39, 0.29) is 5.57 Å². The van der Waals surface area contributed by atoms with Crippen LogP contribution in [0.5, 0.6) is 5.75 Å². The highest BCUT2D eigenvalue weighted by molar-refractivity contribution is 6.00. The number of esters is 1. The number of methoxy groups -OCH3 is 1. The Morgan fingerprint density at radius 1 is 1.24 bits per heavy atom. The molecule has 8 nitrogen and oxygen atoms in total. The van der Waals surface area contributed by atoms with E-state index in [4.69, 9.17) is 14.7 Å². The van der Waals surface area contributed by atoms with E-state index in [2.05, 4.69) is 5.32 Å². The highest BCUT2D eigenvalue weighted by atomic mass is 16.5. The molecule has 0 saturated heterocycles. The lowest BCUT2D eigenvalue weighted by atomic mass is 10.1. The SMILES string of the molecule is CCCNC(=O)NC(=O)COC(=O)/C(C#N)=C/c1ccc(OC)cc1. The molecule has 1 aromatic rings. The highest BCUT2D eigenvalue weighted by Gasteiger charge is 2.14. The fourth-order valence-corrected chi connectivity index (χ4v) is 1.66. The molecule has 0 bridgehead atoms. The number of rotatable bonds is 7. The van der Waals surface area contributed by atoms with E-state index in [9.17, 15) is 14.4 Å². The van der Waals surface area contributed by atoms with Gasteiger partial charge in [0.2, 0.25) is 0 Å². The van der Waals surface area contributed by atoms with E-state index >= 15 is 0 Å². The number of hydrogen-bond donors (Lipinski definition) is 2. The summed E-state index contributed by atoms with van der Waals surface area (Å²) in [5, 5.41) is 13.5. The molecule has 1 aromatic carbocycles. The third-order valence-corrected chi connectivity index (χ3v) is 2.89.